The van der Waals surface area contributed by atoms with E-state index in [1.165, 1.54) is 35.2 Å². The highest BCUT2D eigenvalue weighted by atomic mass is 19.1. The van der Waals surface area contributed by atoms with E-state index in [-0.39, 0.29) is 18.3 Å². The molecule has 1 saturated heterocycles. The van der Waals surface area contributed by atoms with E-state index in [0.29, 0.717) is 29.9 Å². The molecule has 1 heterocycles. The molecule has 1 atom stereocenters. The first-order chi connectivity index (χ1) is 13.5. The highest BCUT2D eigenvalue weighted by Gasteiger charge is 2.33. The Bertz CT molecular complexity index is 885. The summed E-state index contributed by atoms with van der Waals surface area (Å²) in [5.74, 6) is -1.12. The van der Waals surface area contributed by atoms with Crippen molar-refractivity contribution in [2.45, 2.75) is 19.4 Å². The van der Waals surface area contributed by atoms with Crippen molar-refractivity contribution in [2.24, 2.45) is 0 Å². The summed E-state index contributed by atoms with van der Waals surface area (Å²) in [5, 5.41) is 5.24. The minimum Gasteiger partial charge on any atom is -0.462 e. The quantitative estimate of drug-likeness (QED) is 0.775. The molecule has 0 aliphatic carbocycles. The van der Waals surface area contributed by atoms with Gasteiger partial charge in [-0.3, -0.25) is 4.79 Å². The van der Waals surface area contributed by atoms with Crippen molar-refractivity contribution in [1.82, 2.24) is 5.32 Å². The molecule has 0 bridgehead atoms. The third-order valence-corrected chi connectivity index (χ3v) is 4.28. The Balaban J connectivity index is 1.59. The fourth-order valence-electron chi connectivity index (χ4n) is 2.96. The maximum absolute atomic E-state index is 13.1. The molecule has 0 saturated carbocycles. The number of halogens is 1. The summed E-state index contributed by atoms with van der Waals surface area (Å²) in [7, 11) is 0. The third-order valence-electron chi connectivity index (χ3n) is 4.28. The first kappa shape index (κ1) is 19.3. The topological polar surface area (TPSA) is 87.7 Å². The first-order valence-corrected chi connectivity index (χ1v) is 8.89. The van der Waals surface area contributed by atoms with Crippen molar-refractivity contribution in [3.05, 3.63) is 59.9 Å². The Hall–Kier alpha value is -3.42. The van der Waals surface area contributed by atoms with Crippen LogP contribution >= 0.6 is 0 Å². The van der Waals surface area contributed by atoms with Crippen LogP contribution in [-0.2, 0) is 9.53 Å². The van der Waals surface area contributed by atoms with Crippen LogP contribution in [0.4, 0.5) is 20.6 Å². The molecule has 7 nitrogen and oxygen atoms in total. The number of hydrogen-bond donors (Lipinski definition) is 2. The van der Waals surface area contributed by atoms with Gasteiger partial charge in [0.25, 0.3) is 0 Å². The van der Waals surface area contributed by atoms with Crippen LogP contribution in [0, 0.1) is 5.82 Å². The lowest BCUT2D eigenvalue weighted by atomic mass is 10.2. The number of carbonyl (C=O) groups is 3. The first-order valence-electron chi connectivity index (χ1n) is 8.89. The number of carbonyl (C=O) groups excluding carboxylic acids is 3. The summed E-state index contributed by atoms with van der Waals surface area (Å²) in [4.78, 5) is 38.1. The number of esters is 1. The molecular weight excluding hydrogens is 365 g/mol. The number of rotatable bonds is 5. The van der Waals surface area contributed by atoms with Gasteiger partial charge in [0.1, 0.15) is 11.9 Å². The van der Waals surface area contributed by atoms with E-state index >= 15 is 0 Å². The van der Waals surface area contributed by atoms with Crippen LogP contribution in [0.3, 0.4) is 0 Å². The average Bonchev–Trinajstić information content (AvgIpc) is 3.03. The molecule has 1 aliphatic rings. The molecule has 8 heteroatoms. The lowest BCUT2D eigenvalue weighted by molar-refractivity contribution is -0.118. The van der Waals surface area contributed by atoms with E-state index < -0.39 is 18.0 Å². The zero-order valence-electron chi connectivity index (χ0n) is 15.3. The summed E-state index contributed by atoms with van der Waals surface area (Å²) >= 11 is 0. The van der Waals surface area contributed by atoms with Crippen molar-refractivity contribution in [3.63, 3.8) is 0 Å². The van der Waals surface area contributed by atoms with Crippen LogP contribution in [-0.4, -0.2) is 37.1 Å². The van der Waals surface area contributed by atoms with Gasteiger partial charge in [0, 0.05) is 17.9 Å². The van der Waals surface area contributed by atoms with Gasteiger partial charge in [-0.2, -0.15) is 0 Å². The van der Waals surface area contributed by atoms with E-state index in [1.54, 1.807) is 25.1 Å². The molecule has 1 aliphatic heterocycles. The zero-order valence-corrected chi connectivity index (χ0v) is 15.3. The summed E-state index contributed by atoms with van der Waals surface area (Å²) < 4.78 is 18.0. The Labute approximate surface area is 161 Å². The predicted molar refractivity (Wildman–Crippen MR) is 102 cm³/mol. The lowest BCUT2D eigenvalue weighted by Gasteiger charge is -2.17. The monoisotopic (exact) mass is 385 g/mol. The number of benzene rings is 2. The number of anilines is 2. The molecule has 146 valence electrons. The predicted octanol–water partition coefficient (Wildman–Crippen LogP) is 2.93. The van der Waals surface area contributed by atoms with Gasteiger partial charge in [0.2, 0.25) is 5.91 Å². The molecule has 0 spiro atoms. The van der Waals surface area contributed by atoms with Gasteiger partial charge in [0.15, 0.2) is 0 Å². The van der Waals surface area contributed by atoms with E-state index in [4.69, 9.17) is 4.74 Å². The number of nitrogens with one attached hydrogen (secondary N) is 2. The minimum absolute atomic E-state index is 0.255. The van der Waals surface area contributed by atoms with Gasteiger partial charge in [0.05, 0.1) is 12.2 Å². The number of hydrogen-bond acceptors (Lipinski definition) is 4. The van der Waals surface area contributed by atoms with Crippen molar-refractivity contribution in [3.8, 4) is 0 Å². The number of nitrogens with zero attached hydrogens (tertiary/aromatic N) is 1. The molecule has 1 fully saturated rings. The zero-order chi connectivity index (χ0) is 20.1. The molecule has 0 aromatic heterocycles. The van der Waals surface area contributed by atoms with E-state index in [0.717, 1.165) is 0 Å². The van der Waals surface area contributed by atoms with Crippen molar-refractivity contribution in [2.75, 3.05) is 23.4 Å². The van der Waals surface area contributed by atoms with Crippen molar-refractivity contribution in [1.29, 1.82) is 0 Å². The number of urea groups is 1. The van der Waals surface area contributed by atoms with Gasteiger partial charge < -0.3 is 20.3 Å². The van der Waals surface area contributed by atoms with Crippen molar-refractivity contribution >= 4 is 29.3 Å². The van der Waals surface area contributed by atoms with E-state index in [1.807, 2.05) is 0 Å². The Kier molecular flexibility index (Phi) is 5.88. The fraction of sp³-hybridized carbons (Fsp3) is 0.250. The van der Waals surface area contributed by atoms with Crippen LogP contribution in [0.15, 0.2) is 48.5 Å². The van der Waals surface area contributed by atoms with Crippen LogP contribution in [0.25, 0.3) is 0 Å². The fourth-order valence-corrected chi connectivity index (χ4v) is 2.96. The molecule has 2 aromatic carbocycles. The highest BCUT2D eigenvalue weighted by molar-refractivity contribution is 6.02. The minimum atomic E-state index is -0.682. The Morgan fingerprint density at radius 2 is 1.96 bits per heavy atom. The van der Waals surface area contributed by atoms with Gasteiger partial charge >= 0.3 is 12.0 Å². The Morgan fingerprint density at radius 3 is 2.68 bits per heavy atom. The molecule has 3 rings (SSSR count). The molecule has 2 aromatic rings. The molecular formula is C20H20FN3O4. The summed E-state index contributed by atoms with van der Waals surface area (Å²) in [5.41, 5.74) is 1.31. The van der Waals surface area contributed by atoms with Gasteiger partial charge in [-0.25, -0.2) is 14.0 Å². The summed E-state index contributed by atoms with van der Waals surface area (Å²) in [6.45, 7) is 2.39. The molecule has 28 heavy (non-hydrogen) atoms. The summed E-state index contributed by atoms with van der Waals surface area (Å²) in [6, 6.07) is 10.7. The molecule has 2 N–H and O–H groups in total. The van der Waals surface area contributed by atoms with Gasteiger partial charge in [-0.05, 0) is 55.8 Å². The second-order valence-corrected chi connectivity index (χ2v) is 6.21. The standard InChI is InChI=1S/C20H20FN3O4/c1-2-28-19(26)13-4-3-5-15(12-13)22-20(27)23-17-10-11-24(18(17)25)16-8-6-14(21)7-9-16/h3-9,12,17H,2,10-11H2,1H3,(H2,22,23,27). The molecule has 3 amide bonds. The third kappa shape index (κ3) is 4.46. The highest BCUT2D eigenvalue weighted by Crippen LogP contribution is 2.22. The van der Waals surface area contributed by atoms with Crippen LogP contribution in [0.5, 0.6) is 0 Å². The van der Waals surface area contributed by atoms with Crippen molar-refractivity contribution < 1.29 is 23.5 Å². The molecule has 0 radical (unpaired) electrons. The van der Waals surface area contributed by atoms with Gasteiger partial charge in [-0.15, -0.1) is 0 Å². The lowest BCUT2D eigenvalue weighted by Crippen LogP contribution is -2.43. The largest absolute Gasteiger partial charge is 0.462 e. The van der Waals surface area contributed by atoms with Crippen LogP contribution < -0.4 is 15.5 Å². The van der Waals surface area contributed by atoms with Crippen LogP contribution in [0.2, 0.25) is 0 Å². The Morgan fingerprint density at radius 1 is 1.21 bits per heavy atom. The SMILES string of the molecule is CCOC(=O)c1cccc(NC(=O)NC2CCN(c3ccc(F)cc3)C2=O)c1. The molecule has 1 unspecified atom stereocenters. The van der Waals surface area contributed by atoms with Crippen LogP contribution in [0.1, 0.15) is 23.7 Å². The number of ether oxygens (including phenoxy) is 1. The van der Waals surface area contributed by atoms with Gasteiger partial charge in [-0.1, -0.05) is 6.07 Å². The second-order valence-electron chi connectivity index (χ2n) is 6.21. The summed E-state index contributed by atoms with van der Waals surface area (Å²) in [6.07, 6.45) is 0.437. The second kappa shape index (κ2) is 8.51. The maximum atomic E-state index is 13.1. The van der Waals surface area contributed by atoms with E-state index in [2.05, 4.69) is 10.6 Å². The average molecular weight is 385 g/mol. The number of amides is 3. The maximum Gasteiger partial charge on any atom is 0.338 e. The normalized spacial score (nSPS) is 16.0. The van der Waals surface area contributed by atoms with E-state index in [9.17, 15) is 18.8 Å². The smallest absolute Gasteiger partial charge is 0.338 e.